The summed E-state index contributed by atoms with van der Waals surface area (Å²) in [5, 5.41) is 12.2. The number of rotatable bonds is 7. The largest absolute Gasteiger partial charge is 0.493 e. The number of halogens is 1. The number of hydrogen-bond acceptors (Lipinski definition) is 6. The van der Waals surface area contributed by atoms with Crippen LogP contribution in [0.4, 0.5) is 0 Å². The lowest BCUT2D eigenvalue weighted by Gasteiger charge is -2.13. The zero-order valence-electron chi connectivity index (χ0n) is 14.5. The molecule has 0 spiro atoms. The fourth-order valence-corrected chi connectivity index (χ4v) is 2.75. The second kappa shape index (κ2) is 7.65. The predicted octanol–water partition coefficient (Wildman–Crippen LogP) is 3.23. The van der Waals surface area contributed by atoms with E-state index >= 15 is 0 Å². The van der Waals surface area contributed by atoms with Gasteiger partial charge in [0.25, 0.3) is 0 Å². The summed E-state index contributed by atoms with van der Waals surface area (Å²) in [6, 6.07) is 4.03. The van der Waals surface area contributed by atoms with Crippen molar-refractivity contribution in [3.8, 4) is 17.1 Å². The average Bonchev–Trinajstić information content (AvgIpc) is 3.22. The number of benzene rings is 1. The van der Waals surface area contributed by atoms with Crippen molar-refractivity contribution in [2.24, 2.45) is 7.05 Å². The SMILES string of the molecule is Cc1cc(-c2nnn(C)n2)cc(C)c1OCCCc1nc(CCl)co1. The number of nitrogens with zero attached hydrogens (tertiary/aromatic N) is 5. The van der Waals surface area contributed by atoms with E-state index in [1.54, 1.807) is 13.3 Å². The molecule has 0 bridgehead atoms. The maximum atomic E-state index is 5.96. The summed E-state index contributed by atoms with van der Waals surface area (Å²) in [5.41, 5.74) is 3.78. The van der Waals surface area contributed by atoms with Crippen LogP contribution in [0.5, 0.6) is 5.75 Å². The molecule has 0 saturated carbocycles. The molecule has 25 heavy (non-hydrogen) atoms. The molecule has 2 aromatic heterocycles. The fraction of sp³-hybridized carbons (Fsp3) is 0.412. The van der Waals surface area contributed by atoms with Crippen molar-refractivity contribution < 1.29 is 9.15 Å². The Kier molecular flexibility index (Phi) is 5.33. The highest BCUT2D eigenvalue weighted by atomic mass is 35.5. The van der Waals surface area contributed by atoms with E-state index in [0.29, 0.717) is 24.2 Å². The zero-order valence-corrected chi connectivity index (χ0v) is 15.2. The smallest absolute Gasteiger partial charge is 0.204 e. The van der Waals surface area contributed by atoms with Crippen LogP contribution in [0.25, 0.3) is 11.4 Å². The molecule has 2 heterocycles. The van der Waals surface area contributed by atoms with Crippen molar-refractivity contribution in [2.45, 2.75) is 32.6 Å². The number of ether oxygens (including phenoxy) is 1. The van der Waals surface area contributed by atoms with Gasteiger partial charge in [-0.2, -0.15) is 4.80 Å². The fourth-order valence-electron chi connectivity index (χ4n) is 2.63. The first-order valence-corrected chi connectivity index (χ1v) is 8.58. The summed E-state index contributed by atoms with van der Waals surface area (Å²) < 4.78 is 11.3. The van der Waals surface area contributed by atoms with E-state index in [9.17, 15) is 0 Å². The van der Waals surface area contributed by atoms with Gasteiger partial charge < -0.3 is 9.15 Å². The van der Waals surface area contributed by atoms with Crippen molar-refractivity contribution in [2.75, 3.05) is 6.61 Å². The van der Waals surface area contributed by atoms with E-state index in [4.69, 9.17) is 20.8 Å². The van der Waals surface area contributed by atoms with Gasteiger partial charge in [-0.3, -0.25) is 0 Å². The minimum absolute atomic E-state index is 0.366. The van der Waals surface area contributed by atoms with E-state index in [1.807, 2.05) is 26.0 Å². The highest BCUT2D eigenvalue weighted by Crippen LogP contribution is 2.28. The summed E-state index contributed by atoms with van der Waals surface area (Å²) in [6.07, 6.45) is 3.13. The second-order valence-electron chi connectivity index (χ2n) is 5.86. The van der Waals surface area contributed by atoms with Gasteiger partial charge in [0.2, 0.25) is 5.82 Å². The number of tetrazole rings is 1. The third-order valence-corrected chi connectivity index (χ3v) is 4.02. The van der Waals surface area contributed by atoms with Crippen LogP contribution in [0.15, 0.2) is 22.8 Å². The Hall–Kier alpha value is -2.41. The Labute approximate surface area is 151 Å². The predicted molar refractivity (Wildman–Crippen MR) is 93.6 cm³/mol. The summed E-state index contributed by atoms with van der Waals surface area (Å²) in [7, 11) is 1.75. The molecule has 8 heteroatoms. The van der Waals surface area contributed by atoms with Crippen LogP contribution < -0.4 is 4.74 Å². The Bertz CT molecular complexity index is 835. The van der Waals surface area contributed by atoms with Gasteiger partial charge in [-0.15, -0.1) is 21.8 Å². The Morgan fingerprint density at radius 1 is 1.24 bits per heavy atom. The highest BCUT2D eigenvalue weighted by Gasteiger charge is 2.11. The van der Waals surface area contributed by atoms with Gasteiger partial charge in [0, 0.05) is 12.0 Å². The number of aryl methyl sites for hydroxylation is 4. The molecule has 0 aliphatic carbocycles. The monoisotopic (exact) mass is 361 g/mol. The molecule has 3 rings (SSSR count). The molecule has 0 radical (unpaired) electrons. The van der Waals surface area contributed by atoms with Gasteiger partial charge >= 0.3 is 0 Å². The van der Waals surface area contributed by atoms with Gasteiger partial charge in [-0.05, 0) is 48.7 Å². The highest BCUT2D eigenvalue weighted by molar-refractivity contribution is 6.16. The molecule has 1 aromatic carbocycles. The molecule has 0 amide bonds. The van der Waals surface area contributed by atoms with Crippen LogP contribution >= 0.6 is 11.6 Å². The summed E-state index contributed by atoms with van der Waals surface area (Å²) in [6.45, 7) is 4.62. The van der Waals surface area contributed by atoms with Crippen LogP contribution in [0.3, 0.4) is 0 Å². The van der Waals surface area contributed by atoms with Crippen molar-refractivity contribution >= 4 is 11.6 Å². The van der Waals surface area contributed by atoms with Gasteiger partial charge in [0.05, 0.1) is 25.2 Å². The molecule has 0 unspecified atom stereocenters. The van der Waals surface area contributed by atoms with Gasteiger partial charge in [-0.1, -0.05) is 0 Å². The molecule has 0 saturated heterocycles. The minimum Gasteiger partial charge on any atom is -0.493 e. The zero-order chi connectivity index (χ0) is 17.8. The molecule has 0 aliphatic heterocycles. The lowest BCUT2D eigenvalue weighted by atomic mass is 10.1. The summed E-state index contributed by atoms with van der Waals surface area (Å²) >= 11 is 5.71. The van der Waals surface area contributed by atoms with Gasteiger partial charge in [0.15, 0.2) is 5.89 Å². The lowest BCUT2D eigenvalue weighted by molar-refractivity contribution is 0.301. The minimum atomic E-state index is 0.366. The Morgan fingerprint density at radius 3 is 2.60 bits per heavy atom. The third kappa shape index (κ3) is 4.17. The molecule has 0 fully saturated rings. The number of oxazole rings is 1. The first-order valence-electron chi connectivity index (χ1n) is 8.04. The van der Waals surface area contributed by atoms with Gasteiger partial charge in [0.1, 0.15) is 12.0 Å². The quantitative estimate of drug-likeness (QED) is 0.475. The van der Waals surface area contributed by atoms with Crippen molar-refractivity contribution in [3.63, 3.8) is 0 Å². The van der Waals surface area contributed by atoms with E-state index in [-0.39, 0.29) is 0 Å². The molecule has 0 aliphatic rings. The van der Waals surface area contributed by atoms with Crippen LogP contribution in [0, 0.1) is 13.8 Å². The van der Waals surface area contributed by atoms with Crippen LogP contribution in [0.2, 0.25) is 0 Å². The molecular weight excluding hydrogens is 342 g/mol. The molecular formula is C17H20ClN5O2. The van der Waals surface area contributed by atoms with E-state index in [1.165, 1.54) is 4.80 Å². The molecule has 7 nitrogen and oxygen atoms in total. The van der Waals surface area contributed by atoms with Gasteiger partial charge in [-0.25, -0.2) is 4.98 Å². The molecule has 0 atom stereocenters. The van der Waals surface area contributed by atoms with Crippen LogP contribution in [0.1, 0.15) is 29.1 Å². The van der Waals surface area contributed by atoms with E-state index in [2.05, 4.69) is 20.4 Å². The average molecular weight is 362 g/mol. The first-order chi connectivity index (χ1) is 12.1. The third-order valence-electron chi connectivity index (χ3n) is 3.74. The van der Waals surface area contributed by atoms with Crippen LogP contribution in [-0.4, -0.2) is 31.8 Å². The number of hydrogen-bond donors (Lipinski definition) is 0. The number of aromatic nitrogens is 5. The second-order valence-corrected chi connectivity index (χ2v) is 6.13. The lowest BCUT2D eigenvalue weighted by Crippen LogP contribution is -2.03. The summed E-state index contributed by atoms with van der Waals surface area (Å²) in [4.78, 5) is 5.73. The normalized spacial score (nSPS) is 11.0. The molecule has 0 N–H and O–H groups in total. The van der Waals surface area contributed by atoms with Crippen molar-refractivity contribution in [1.82, 2.24) is 25.2 Å². The van der Waals surface area contributed by atoms with Crippen LogP contribution in [-0.2, 0) is 19.3 Å². The topological polar surface area (TPSA) is 78.9 Å². The molecule has 3 aromatic rings. The van der Waals surface area contributed by atoms with Crippen molar-refractivity contribution in [1.29, 1.82) is 0 Å². The first kappa shape index (κ1) is 17.4. The summed E-state index contributed by atoms with van der Waals surface area (Å²) in [5.74, 6) is 2.56. The maximum absolute atomic E-state index is 5.96. The maximum Gasteiger partial charge on any atom is 0.204 e. The Morgan fingerprint density at radius 2 is 2.00 bits per heavy atom. The van der Waals surface area contributed by atoms with E-state index in [0.717, 1.165) is 41.0 Å². The van der Waals surface area contributed by atoms with Crippen molar-refractivity contribution in [3.05, 3.63) is 41.1 Å². The standard InChI is InChI=1S/C17H20ClN5O2/c1-11-7-13(17-20-22-23(3)21-17)8-12(2)16(11)24-6-4-5-15-19-14(9-18)10-25-15/h7-8,10H,4-6,9H2,1-3H3. The van der Waals surface area contributed by atoms with E-state index < -0.39 is 0 Å². The molecule has 132 valence electrons. The Balaban J connectivity index is 1.60. The number of alkyl halides is 1.